The second kappa shape index (κ2) is 3.86. The molecule has 1 aromatic rings. The zero-order chi connectivity index (χ0) is 13.7. The van der Waals surface area contributed by atoms with E-state index in [0.29, 0.717) is 17.7 Å². The molecule has 0 bridgehead atoms. The summed E-state index contributed by atoms with van der Waals surface area (Å²) in [4.78, 5) is 10.7. The van der Waals surface area contributed by atoms with E-state index in [0.717, 1.165) is 12.0 Å². The normalized spacial score (nSPS) is 16.9. The van der Waals surface area contributed by atoms with Crippen LogP contribution in [0.1, 0.15) is 37.0 Å². The molecule has 0 amide bonds. The van der Waals surface area contributed by atoms with Crippen LogP contribution in [0, 0.1) is 24.0 Å². The number of aromatic hydroxyl groups is 1. The molecule has 0 radical (unpaired) electrons. The number of benzene rings is 1. The Morgan fingerprint density at radius 3 is 2.50 bits per heavy atom. The van der Waals surface area contributed by atoms with Gasteiger partial charge in [0.15, 0.2) is 0 Å². The summed E-state index contributed by atoms with van der Waals surface area (Å²) in [5.74, 6) is 0.327. The fourth-order valence-corrected chi connectivity index (χ4v) is 2.40. The molecule has 1 aliphatic rings. The van der Waals surface area contributed by atoms with Crippen LogP contribution >= 0.6 is 0 Å². The summed E-state index contributed by atoms with van der Waals surface area (Å²) in [7, 11) is 0. The van der Waals surface area contributed by atoms with Crippen molar-refractivity contribution in [2.24, 2.45) is 0 Å². The van der Waals surface area contributed by atoms with Crippen molar-refractivity contribution in [3.63, 3.8) is 0 Å². The molecule has 0 fully saturated rings. The second-order valence-corrected chi connectivity index (χ2v) is 5.37. The summed E-state index contributed by atoms with van der Waals surface area (Å²) in [6.45, 7) is 7.15. The SMILES string of the molecule is Cc1c(O)c(C)c([N+](=O)[O-])c2c1CCC(C)(C)O2. The average Bonchev–Trinajstić information content (AvgIpc) is 2.24. The first-order valence-corrected chi connectivity index (χ1v) is 5.93. The lowest BCUT2D eigenvalue weighted by atomic mass is 9.89. The van der Waals surface area contributed by atoms with Crippen molar-refractivity contribution >= 4 is 5.69 Å². The third-order valence-corrected chi connectivity index (χ3v) is 3.55. The fraction of sp³-hybridized carbons (Fsp3) is 0.538. The monoisotopic (exact) mass is 251 g/mol. The van der Waals surface area contributed by atoms with Gasteiger partial charge in [-0.1, -0.05) is 0 Å². The first kappa shape index (κ1) is 12.7. The summed E-state index contributed by atoms with van der Waals surface area (Å²) < 4.78 is 5.78. The van der Waals surface area contributed by atoms with E-state index in [1.807, 2.05) is 13.8 Å². The molecule has 0 aliphatic carbocycles. The van der Waals surface area contributed by atoms with Crippen molar-refractivity contribution in [1.82, 2.24) is 0 Å². The van der Waals surface area contributed by atoms with Gasteiger partial charge in [0.2, 0.25) is 5.75 Å². The number of ether oxygens (including phenoxy) is 1. The van der Waals surface area contributed by atoms with Crippen LogP contribution in [0.25, 0.3) is 0 Å². The molecule has 5 heteroatoms. The predicted molar refractivity (Wildman–Crippen MR) is 67.3 cm³/mol. The highest BCUT2D eigenvalue weighted by molar-refractivity contribution is 5.66. The molecule has 0 unspecified atom stereocenters. The van der Waals surface area contributed by atoms with Crippen LogP contribution in [0.3, 0.4) is 0 Å². The lowest BCUT2D eigenvalue weighted by molar-refractivity contribution is -0.387. The Morgan fingerprint density at radius 2 is 1.94 bits per heavy atom. The Morgan fingerprint density at radius 1 is 1.33 bits per heavy atom. The van der Waals surface area contributed by atoms with Crippen LogP contribution in [0.2, 0.25) is 0 Å². The molecule has 2 rings (SSSR count). The molecular weight excluding hydrogens is 234 g/mol. The Balaban J connectivity index is 2.75. The number of hydrogen-bond donors (Lipinski definition) is 1. The summed E-state index contributed by atoms with van der Waals surface area (Å²) in [5, 5.41) is 21.1. The van der Waals surface area contributed by atoms with E-state index in [1.54, 1.807) is 13.8 Å². The van der Waals surface area contributed by atoms with Crippen molar-refractivity contribution in [2.45, 2.75) is 46.1 Å². The number of nitro benzene ring substituents is 1. The number of fused-ring (bicyclic) bond motifs is 1. The third kappa shape index (κ3) is 1.79. The zero-order valence-electron chi connectivity index (χ0n) is 11.0. The van der Waals surface area contributed by atoms with Crippen molar-refractivity contribution in [3.05, 3.63) is 26.8 Å². The van der Waals surface area contributed by atoms with Gasteiger partial charge in [-0.2, -0.15) is 0 Å². The van der Waals surface area contributed by atoms with Gasteiger partial charge in [-0.25, -0.2) is 0 Å². The Bertz CT molecular complexity index is 535. The topological polar surface area (TPSA) is 72.6 Å². The molecule has 5 nitrogen and oxygen atoms in total. The van der Waals surface area contributed by atoms with E-state index in [4.69, 9.17) is 4.74 Å². The molecule has 1 heterocycles. The number of rotatable bonds is 1. The van der Waals surface area contributed by atoms with Gasteiger partial charge in [0.05, 0.1) is 10.5 Å². The van der Waals surface area contributed by atoms with E-state index >= 15 is 0 Å². The van der Waals surface area contributed by atoms with E-state index in [9.17, 15) is 15.2 Å². The first-order chi connectivity index (χ1) is 8.24. The van der Waals surface area contributed by atoms with Crippen LogP contribution in [-0.2, 0) is 6.42 Å². The largest absolute Gasteiger partial charge is 0.507 e. The van der Waals surface area contributed by atoms with Crippen molar-refractivity contribution < 1.29 is 14.8 Å². The molecule has 0 saturated carbocycles. The Labute approximate surface area is 106 Å². The summed E-state index contributed by atoms with van der Waals surface area (Å²) in [6.07, 6.45) is 1.46. The molecule has 0 atom stereocenters. The lowest BCUT2D eigenvalue weighted by Crippen LogP contribution is -2.33. The fourth-order valence-electron chi connectivity index (χ4n) is 2.40. The highest BCUT2D eigenvalue weighted by Gasteiger charge is 2.36. The number of hydrogen-bond acceptors (Lipinski definition) is 4. The molecule has 1 N–H and O–H groups in total. The van der Waals surface area contributed by atoms with Gasteiger partial charge in [0.1, 0.15) is 11.4 Å². The Kier molecular flexibility index (Phi) is 2.72. The van der Waals surface area contributed by atoms with Gasteiger partial charge in [-0.05, 0) is 46.1 Å². The molecule has 1 aliphatic heterocycles. The highest BCUT2D eigenvalue weighted by Crippen LogP contribution is 2.47. The smallest absolute Gasteiger partial charge is 0.317 e. The maximum absolute atomic E-state index is 11.2. The van der Waals surface area contributed by atoms with Crippen molar-refractivity contribution in [2.75, 3.05) is 0 Å². The van der Waals surface area contributed by atoms with E-state index in [2.05, 4.69) is 0 Å². The van der Waals surface area contributed by atoms with E-state index < -0.39 is 10.5 Å². The quantitative estimate of drug-likeness (QED) is 0.615. The molecule has 1 aromatic carbocycles. The summed E-state index contributed by atoms with van der Waals surface area (Å²) >= 11 is 0. The number of nitrogens with zero attached hydrogens (tertiary/aromatic N) is 1. The second-order valence-electron chi connectivity index (χ2n) is 5.37. The first-order valence-electron chi connectivity index (χ1n) is 5.93. The van der Waals surface area contributed by atoms with Crippen molar-refractivity contribution in [3.8, 4) is 11.5 Å². The van der Waals surface area contributed by atoms with Gasteiger partial charge in [-0.3, -0.25) is 10.1 Å². The maximum atomic E-state index is 11.2. The van der Waals surface area contributed by atoms with Crippen LogP contribution < -0.4 is 4.74 Å². The molecule has 18 heavy (non-hydrogen) atoms. The van der Waals surface area contributed by atoms with Gasteiger partial charge in [0, 0.05) is 5.56 Å². The van der Waals surface area contributed by atoms with Crippen LogP contribution in [-0.4, -0.2) is 15.6 Å². The number of phenolic OH excluding ortho intramolecular Hbond substituents is 1. The summed E-state index contributed by atoms with van der Waals surface area (Å²) in [5.41, 5.74) is 1.19. The maximum Gasteiger partial charge on any atom is 0.317 e. The zero-order valence-corrected chi connectivity index (χ0v) is 11.0. The van der Waals surface area contributed by atoms with Crippen LogP contribution in [0.4, 0.5) is 5.69 Å². The van der Waals surface area contributed by atoms with Crippen LogP contribution in [0.15, 0.2) is 0 Å². The van der Waals surface area contributed by atoms with E-state index in [1.165, 1.54) is 0 Å². The van der Waals surface area contributed by atoms with E-state index in [-0.39, 0.29) is 17.0 Å². The minimum Gasteiger partial charge on any atom is -0.507 e. The minimum atomic E-state index is -0.477. The van der Waals surface area contributed by atoms with Gasteiger partial charge < -0.3 is 9.84 Å². The molecule has 0 aromatic heterocycles. The number of phenols is 1. The third-order valence-electron chi connectivity index (χ3n) is 3.55. The molecule has 0 spiro atoms. The standard InChI is InChI=1S/C13H17NO4/c1-7-9-5-6-13(3,4)18-12(9)10(14(16)17)8(2)11(7)15/h15H,5-6H2,1-4H3. The molecule has 0 saturated heterocycles. The summed E-state index contributed by atoms with van der Waals surface area (Å²) in [6, 6.07) is 0. The van der Waals surface area contributed by atoms with Gasteiger partial charge in [0.25, 0.3) is 0 Å². The van der Waals surface area contributed by atoms with Gasteiger partial charge in [-0.15, -0.1) is 0 Å². The van der Waals surface area contributed by atoms with Gasteiger partial charge >= 0.3 is 5.69 Å². The van der Waals surface area contributed by atoms with Crippen LogP contribution in [0.5, 0.6) is 11.5 Å². The van der Waals surface area contributed by atoms with Crippen molar-refractivity contribution in [1.29, 1.82) is 0 Å². The average molecular weight is 251 g/mol. The molecular formula is C13H17NO4. The lowest BCUT2D eigenvalue weighted by Gasteiger charge is -2.33. The number of nitro groups is 1. The Hall–Kier alpha value is -1.78. The predicted octanol–water partition coefficient (Wildman–Crippen LogP) is 3.02. The molecule has 98 valence electrons. The highest BCUT2D eigenvalue weighted by atomic mass is 16.6. The minimum absolute atomic E-state index is 0.00348.